The third-order valence-corrected chi connectivity index (χ3v) is 3.11. The zero-order valence-electron chi connectivity index (χ0n) is 8.79. The lowest BCUT2D eigenvalue weighted by Crippen LogP contribution is -2.00. The first kappa shape index (κ1) is 11.6. The van der Waals surface area contributed by atoms with Crippen molar-refractivity contribution in [2.75, 3.05) is 6.61 Å². The van der Waals surface area contributed by atoms with Gasteiger partial charge < -0.3 is 4.74 Å². The molecule has 0 N–H and O–H groups in total. The highest BCUT2D eigenvalue weighted by molar-refractivity contribution is 9.09. The number of alkyl halides is 1. The predicted octanol–water partition coefficient (Wildman–Crippen LogP) is 3.80. The van der Waals surface area contributed by atoms with Crippen LogP contribution < -0.4 is 4.74 Å². The van der Waals surface area contributed by atoms with Crippen LogP contribution in [0.1, 0.15) is 25.8 Å². The van der Waals surface area contributed by atoms with Gasteiger partial charge in [-0.2, -0.15) is 0 Å². The van der Waals surface area contributed by atoms with Crippen LogP contribution in [0.3, 0.4) is 0 Å². The Labute approximate surface area is 94.6 Å². The van der Waals surface area contributed by atoms with Gasteiger partial charge in [0.25, 0.3) is 0 Å². The van der Waals surface area contributed by atoms with Gasteiger partial charge in [-0.15, -0.1) is 0 Å². The molecule has 1 rings (SSSR count). The van der Waals surface area contributed by atoms with Gasteiger partial charge in [0.15, 0.2) is 0 Å². The summed E-state index contributed by atoms with van der Waals surface area (Å²) >= 11 is 3.63. The Morgan fingerprint density at radius 2 is 1.86 bits per heavy atom. The van der Waals surface area contributed by atoms with Crippen LogP contribution in [0.4, 0.5) is 0 Å². The number of halogens is 1. The molecular weight excluding hydrogens is 240 g/mol. The summed E-state index contributed by atoms with van der Waals surface area (Å²) in [6, 6.07) is 8.34. The van der Waals surface area contributed by atoms with Gasteiger partial charge in [-0.1, -0.05) is 35.0 Å². The number of benzene rings is 1. The van der Waals surface area contributed by atoms with Crippen LogP contribution >= 0.6 is 15.9 Å². The molecule has 0 amide bonds. The summed E-state index contributed by atoms with van der Waals surface area (Å²) in [5, 5.41) is 0. The molecule has 1 unspecified atom stereocenters. The summed E-state index contributed by atoms with van der Waals surface area (Å²) in [4.78, 5) is 0.584. The normalized spacial score (nSPS) is 12.5. The molecule has 0 fully saturated rings. The van der Waals surface area contributed by atoms with E-state index in [9.17, 15) is 0 Å². The van der Waals surface area contributed by atoms with E-state index in [1.165, 1.54) is 5.56 Å². The van der Waals surface area contributed by atoms with E-state index < -0.39 is 0 Å². The van der Waals surface area contributed by atoms with Crippen LogP contribution in [-0.2, 0) is 6.42 Å². The second-order valence-electron chi connectivity index (χ2n) is 3.29. The van der Waals surface area contributed by atoms with Crippen molar-refractivity contribution in [1.82, 2.24) is 0 Å². The highest BCUT2D eigenvalue weighted by Gasteiger charge is 2.02. The Bertz CT molecular complexity index is 256. The number of rotatable bonds is 5. The first-order chi connectivity index (χ1) is 6.76. The summed E-state index contributed by atoms with van der Waals surface area (Å²) in [6.45, 7) is 4.92. The van der Waals surface area contributed by atoms with Gasteiger partial charge in [0.2, 0.25) is 0 Å². The molecule has 1 aromatic carbocycles. The summed E-state index contributed by atoms with van der Waals surface area (Å²) in [6.07, 6.45) is 2.25. The number of hydrogen-bond donors (Lipinski definition) is 0. The first-order valence-corrected chi connectivity index (χ1v) is 6.03. The topological polar surface area (TPSA) is 9.23 Å². The zero-order chi connectivity index (χ0) is 10.4. The fraction of sp³-hybridized carbons (Fsp3) is 0.500. The summed E-state index contributed by atoms with van der Waals surface area (Å²) < 4.78 is 5.38. The van der Waals surface area contributed by atoms with Crippen LogP contribution in [-0.4, -0.2) is 11.4 Å². The Hall–Kier alpha value is -0.500. The maximum atomic E-state index is 5.38. The lowest BCUT2D eigenvalue weighted by atomic mass is 10.1. The van der Waals surface area contributed by atoms with Crippen molar-refractivity contribution in [2.45, 2.75) is 31.5 Å². The molecule has 0 aliphatic carbocycles. The maximum absolute atomic E-state index is 5.38. The molecule has 1 nitrogen and oxygen atoms in total. The fourth-order valence-corrected chi connectivity index (χ4v) is 1.66. The van der Waals surface area contributed by atoms with Crippen LogP contribution in [0.5, 0.6) is 5.75 Å². The molecule has 0 bridgehead atoms. The molecule has 0 spiro atoms. The Morgan fingerprint density at radius 1 is 1.21 bits per heavy atom. The molecule has 1 atom stereocenters. The van der Waals surface area contributed by atoms with Crippen molar-refractivity contribution >= 4 is 15.9 Å². The van der Waals surface area contributed by atoms with Crippen molar-refractivity contribution < 1.29 is 4.74 Å². The molecule has 0 aromatic heterocycles. The molecule has 14 heavy (non-hydrogen) atoms. The lowest BCUT2D eigenvalue weighted by Gasteiger charge is -2.07. The van der Waals surface area contributed by atoms with Crippen LogP contribution in [0.2, 0.25) is 0 Å². The van der Waals surface area contributed by atoms with E-state index in [-0.39, 0.29) is 0 Å². The van der Waals surface area contributed by atoms with E-state index in [2.05, 4.69) is 35.0 Å². The maximum Gasteiger partial charge on any atom is 0.119 e. The molecule has 0 aliphatic heterocycles. The summed E-state index contributed by atoms with van der Waals surface area (Å²) in [5.41, 5.74) is 1.36. The fourth-order valence-electron chi connectivity index (χ4n) is 1.29. The monoisotopic (exact) mass is 256 g/mol. The number of hydrogen-bond acceptors (Lipinski definition) is 1. The van der Waals surface area contributed by atoms with Crippen molar-refractivity contribution in [3.8, 4) is 5.75 Å². The Balaban J connectivity index is 2.54. The molecule has 0 saturated heterocycles. The third-order valence-electron chi connectivity index (χ3n) is 2.13. The third kappa shape index (κ3) is 3.70. The van der Waals surface area contributed by atoms with Crippen molar-refractivity contribution in [1.29, 1.82) is 0 Å². The molecule has 2 heteroatoms. The summed E-state index contributed by atoms with van der Waals surface area (Å²) in [7, 11) is 0. The van der Waals surface area contributed by atoms with E-state index in [0.29, 0.717) is 4.83 Å². The summed E-state index contributed by atoms with van der Waals surface area (Å²) in [5.74, 6) is 0.957. The molecule has 0 aliphatic rings. The highest BCUT2D eigenvalue weighted by atomic mass is 79.9. The molecule has 0 saturated carbocycles. The lowest BCUT2D eigenvalue weighted by molar-refractivity contribution is 0.340. The zero-order valence-corrected chi connectivity index (χ0v) is 10.4. The van der Waals surface area contributed by atoms with Gasteiger partial charge in [0, 0.05) is 4.83 Å². The highest BCUT2D eigenvalue weighted by Crippen LogP contribution is 2.16. The van der Waals surface area contributed by atoms with E-state index in [4.69, 9.17) is 4.74 Å². The Morgan fingerprint density at radius 3 is 2.36 bits per heavy atom. The molecule has 1 aromatic rings. The second-order valence-corrected chi connectivity index (χ2v) is 4.58. The van der Waals surface area contributed by atoms with Gasteiger partial charge in [-0.25, -0.2) is 0 Å². The minimum Gasteiger partial charge on any atom is -0.494 e. The van der Waals surface area contributed by atoms with Crippen molar-refractivity contribution in [3.63, 3.8) is 0 Å². The molecule has 0 heterocycles. The van der Waals surface area contributed by atoms with E-state index in [1.54, 1.807) is 0 Å². The van der Waals surface area contributed by atoms with Crippen LogP contribution in [0, 0.1) is 0 Å². The molecular formula is C12H17BrO. The number of ether oxygens (including phenoxy) is 1. The second kappa shape index (κ2) is 6.07. The SMILES string of the molecule is CCOc1ccc(CC(Br)CC)cc1. The van der Waals surface area contributed by atoms with Gasteiger partial charge in [-0.05, 0) is 37.5 Å². The first-order valence-electron chi connectivity index (χ1n) is 5.12. The average Bonchev–Trinajstić information content (AvgIpc) is 2.21. The van der Waals surface area contributed by atoms with Crippen LogP contribution in [0.15, 0.2) is 24.3 Å². The van der Waals surface area contributed by atoms with Crippen molar-refractivity contribution in [3.05, 3.63) is 29.8 Å². The van der Waals surface area contributed by atoms with Crippen LogP contribution in [0.25, 0.3) is 0 Å². The van der Waals surface area contributed by atoms with E-state index in [0.717, 1.165) is 25.2 Å². The van der Waals surface area contributed by atoms with Gasteiger partial charge in [0.1, 0.15) is 5.75 Å². The largest absolute Gasteiger partial charge is 0.494 e. The predicted molar refractivity (Wildman–Crippen MR) is 64.3 cm³/mol. The van der Waals surface area contributed by atoms with E-state index >= 15 is 0 Å². The average molecular weight is 257 g/mol. The standard InChI is InChI=1S/C12H17BrO/c1-3-11(13)9-10-5-7-12(8-6-10)14-4-2/h5-8,11H,3-4,9H2,1-2H3. The van der Waals surface area contributed by atoms with Gasteiger partial charge in [-0.3, -0.25) is 0 Å². The minimum absolute atomic E-state index is 0.584. The van der Waals surface area contributed by atoms with Crippen molar-refractivity contribution in [2.24, 2.45) is 0 Å². The smallest absolute Gasteiger partial charge is 0.119 e. The van der Waals surface area contributed by atoms with E-state index in [1.807, 2.05) is 19.1 Å². The Kier molecular flexibility index (Phi) is 5.02. The molecule has 78 valence electrons. The van der Waals surface area contributed by atoms with Gasteiger partial charge in [0.05, 0.1) is 6.61 Å². The quantitative estimate of drug-likeness (QED) is 0.729. The minimum atomic E-state index is 0.584. The molecule has 0 radical (unpaired) electrons. The van der Waals surface area contributed by atoms with Gasteiger partial charge >= 0.3 is 0 Å².